The first kappa shape index (κ1) is 11.0. The zero-order valence-corrected chi connectivity index (χ0v) is 8.64. The van der Waals surface area contributed by atoms with Crippen LogP contribution in [-0.2, 0) is 16.3 Å². The van der Waals surface area contributed by atoms with Crippen molar-refractivity contribution in [1.82, 2.24) is 0 Å². The lowest BCUT2D eigenvalue weighted by Crippen LogP contribution is -2.07. The minimum Gasteiger partial charge on any atom is -0.399 e. The Morgan fingerprint density at radius 3 is 2.57 bits per heavy atom. The van der Waals surface area contributed by atoms with Gasteiger partial charge in [-0.1, -0.05) is 6.07 Å². The summed E-state index contributed by atoms with van der Waals surface area (Å²) in [7, 11) is -3.05. The lowest BCUT2D eigenvalue weighted by Gasteiger charge is -2.02. The highest BCUT2D eigenvalue weighted by Crippen LogP contribution is 2.12. The maximum Gasteiger partial charge on any atom is 0.147 e. The van der Waals surface area contributed by atoms with Gasteiger partial charge in [-0.15, -0.1) is 0 Å². The van der Waals surface area contributed by atoms with Crippen molar-refractivity contribution >= 4 is 15.5 Å². The Labute approximate surface area is 82.7 Å². The summed E-state index contributed by atoms with van der Waals surface area (Å²) in [6.07, 6.45) is 1.31. The average molecular weight is 217 g/mol. The third-order valence-electron chi connectivity index (χ3n) is 1.82. The Bertz CT molecular complexity index is 428. The Hall–Kier alpha value is -1.10. The number of halogens is 1. The Kier molecular flexibility index (Phi) is 3.10. The molecule has 0 amide bonds. The topological polar surface area (TPSA) is 60.2 Å². The molecule has 0 unspecified atom stereocenters. The van der Waals surface area contributed by atoms with Gasteiger partial charge in [0, 0.05) is 11.9 Å². The van der Waals surface area contributed by atoms with E-state index in [0.717, 1.165) is 6.26 Å². The van der Waals surface area contributed by atoms with Crippen LogP contribution >= 0.6 is 0 Å². The number of rotatable bonds is 3. The number of nitrogens with two attached hydrogens (primary N) is 1. The molecule has 2 N–H and O–H groups in total. The molecule has 0 aliphatic carbocycles. The molecular formula is C9H12FNO2S. The Balaban J connectivity index is 2.78. The zero-order chi connectivity index (χ0) is 10.8. The highest BCUT2D eigenvalue weighted by atomic mass is 32.2. The quantitative estimate of drug-likeness (QED) is 0.768. The molecule has 0 aliphatic rings. The van der Waals surface area contributed by atoms with E-state index in [9.17, 15) is 12.8 Å². The summed E-state index contributed by atoms with van der Waals surface area (Å²) in [5.74, 6) is -0.498. The first-order chi connectivity index (χ1) is 6.38. The van der Waals surface area contributed by atoms with E-state index in [-0.39, 0.29) is 12.2 Å². The van der Waals surface area contributed by atoms with Crippen molar-refractivity contribution < 1.29 is 12.8 Å². The molecule has 1 aromatic carbocycles. The molecule has 0 aliphatic heterocycles. The zero-order valence-electron chi connectivity index (χ0n) is 7.83. The maximum atomic E-state index is 13.2. The van der Waals surface area contributed by atoms with E-state index in [0.29, 0.717) is 11.3 Å². The molecule has 3 nitrogen and oxygen atoms in total. The van der Waals surface area contributed by atoms with Crippen molar-refractivity contribution in [2.75, 3.05) is 17.7 Å². The average Bonchev–Trinajstić information content (AvgIpc) is 2.00. The number of sulfone groups is 1. The summed E-state index contributed by atoms with van der Waals surface area (Å²) in [6.45, 7) is 0. The van der Waals surface area contributed by atoms with Gasteiger partial charge in [0.05, 0.1) is 5.75 Å². The van der Waals surface area contributed by atoms with E-state index in [2.05, 4.69) is 0 Å². The SMILES string of the molecule is CS(=O)(=O)CCc1ccc(N)cc1F. The van der Waals surface area contributed by atoms with E-state index >= 15 is 0 Å². The summed E-state index contributed by atoms with van der Waals surface area (Å²) in [5.41, 5.74) is 6.07. The monoisotopic (exact) mass is 217 g/mol. The van der Waals surface area contributed by atoms with Crippen LogP contribution in [0.25, 0.3) is 0 Å². The van der Waals surface area contributed by atoms with Gasteiger partial charge in [-0.25, -0.2) is 12.8 Å². The van der Waals surface area contributed by atoms with E-state index < -0.39 is 15.7 Å². The molecule has 0 heterocycles. The van der Waals surface area contributed by atoms with Crippen LogP contribution in [0.4, 0.5) is 10.1 Å². The molecule has 78 valence electrons. The fraction of sp³-hybridized carbons (Fsp3) is 0.333. The van der Waals surface area contributed by atoms with Crippen molar-refractivity contribution in [2.24, 2.45) is 0 Å². The number of anilines is 1. The molecule has 0 saturated carbocycles. The normalized spacial score (nSPS) is 11.6. The minimum absolute atomic E-state index is 0.0478. The molecule has 0 atom stereocenters. The summed E-state index contributed by atoms with van der Waals surface area (Å²) in [4.78, 5) is 0. The molecule has 1 aromatic rings. The number of aryl methyl sites for hydroxylation is 1. The Morgan fingerprint density at radius 2 is 2.07 bits per heavy atom. The standard InChI is InChI=1S/C9H12FNO2S/c1-14(12,13)5-4-7-2-3-8(11)6-9(7)10/h2-3,6H,4-5,11H2,1H3. The van der Waals surface area contributed by atoms with Crippen LogP contribution in [0.5, 0.6) is 0 Å². The molecule has 0 saturated heterocycles. The van der Waals surface area contributed by atoms with Crippen molar-refractivity contribution in [3.63, 3.8) is 0 Å². The largest absolute Gasteiger partial charge is 0.399 e. The summed E-state index contributed by atoms with van der Waals surface area (Å²) in [5, 5.41) is 0. The van der Waals surface area contributed by atoms with Crippen LogP contribution < -0.4 is 5.73 Å². The van der Waals surface area contributed by atoms with Crippen molar-refractivity contribution in [2.45, 2.75) is 6.42 Å². The van der Waals surface area contributed by atoms with Crippen LogP contribution in [-0.4, -0.2) is 20.4 Å². The van der Waals surface area contributed by atoms with Gasteiger partial charge in [0.25, 0.3) is 0 Å². The second-order valence-electron chi connectivity index (χ2n) is 3.23. The van der Waals surface area contributed by atoms with E-state index in [4.69, 9.17) is 5.73 Å². The minimum atomic E-state index is -3.05. The Morgan fingerprint density at radius 1 is 1.43 bits per heavy atom. The number of hydrogen-bond donors (Lipinski definition) is 1. The van der Waals surface area contributed by atoms with E-state index in [1.54, 1.807) is 6.07 Å². The summed E-state index contributed by atoms with van der Waals surface area (Å²) >= 11 is 0. The summed E-state index contributed by atoms with van der Waals surface area (Å²) in [6, 6.07) is 4.26. The van der Waals surface area contributed by atoms with Crippen LogP contribution in [0.3, 0.4) is 0 Å². The fourth-order valence-electron chi connectivity index (χ4n) is 1.06. The molecule has 14 heavy (non-hydrogen) atoms. The number of nitrogen functional groups attached to an aromatic ring is 1. The first-order valence-electron chi connectivity index (χ1n) is 4.10. The smallest absolute Gasteiger partial charge is 0.147 e. The van der Waals surface area contributed by atoms with Gasteiger partial charge in [0.1, 0.15) is 15.7 Å². The van der Waals surface area contributed by atoms with Crippen molar-refractivity contribution in [3.8, 4) is 0 Å². The molecule has 0 fully saturated rings. The van der Waals surface area contributed by atoms with Crippen molar-refractivity contribution in [1.29, 1.82) is 0 Å². The van der Waals surface area contributed by atoms with E-state index in [1.165, 1.54) is 12.1 Å². The van der Waals surface area contributed by atoms with Crippen LogP contribution in [0.15, 0.2) is 18.2 Å². The van der Waals surface area contributed by atoms with Gasteiger partial charge in [0.2, 0.25) is 0 Å². The second-order valence-corrected chi connectivity index (χ2v) is 5.49. The molecule has 0 bridgehead atoms. The predicted octanol–water partition coefficient (Wildman–Crippen LogP) is 0.995. The van der Waals surface area contributed by atoms with Gasteiger partial charge < -0.3 is 5.73 Å². The number of benzene rings is 1. The number of hydrogen-bond acceptors (Lipinski definition) is 3. The van der Waals surface area contributed by atoms with Gasteiger partial charge in [0.15, 0.2) is 0 Å². The fourth-order valence-corrected chi connectivity index (χ4v) is 1.65. The molecule has 5 heteroatoms. The lowest BCUT2D eigenvalue weighted by molar-refractivity contribution is 0.596. The van der Waals surface area contributed by atoms with Crippen LogP contribution in [0.2, 0.25) is 0 Å². The van der Waals surface area contributed by atoms with E-state index in [1.807, 2.05) is 0 Å². The predicted molar refractivity (Wildman–Crippen MR) is 54.2 cm³/mol. The molecule has 0 radical (unpaired) electrons. The first-order valence-corrected chi connectivity index (χ1v) is 6.16. The van der Waals surface area contributed by atoms with Crippen LogP contribution in [0, 0.1) is 5.82 Å². The third kappa shape index (κ3) is 3.33. The molecule has 0 aromatic heterocycles. The molecular weight excluding hydrogens is 205 g/mol. The van der Waals surface area contributed by atoms with Gasteiger partial charge >= 0.3 is 0 Å². The molecule has 0 spiro atoms. The summed E-state index contributed by atoms with van der Waals surface area (Å²) < 4.78 is 34.8. The van der Waals surface area contributed by atoms with Gasteiger partial charge in [-0.3, -0.25) is 0 Å². The van der Waals surface area contributed by atoms with Crippen LogP contribution in [0.1, 0.15) is 5.56 Å². The van der Waals surface area contributed by atoms with Crippen molar-refractivity contribution in [3.05, 3.63) is 29.6 Å². The highest BCUT2D eigenvalue weighted by Gasteiger charge is 2.07. The maximum absolute atomic E-state index is 13.2. The third-order valence-corrected chi connectivity index (χ3v) is 2.77. The lowest BCUT2D eigenvalue weighted by atomic mass is 10.1. The molecule has 1 rings (SSSR count). The highest BCUT2D eigenvalue weighted by molar-refractivity contribution is 7.90. The second kappa shape index (κ2) is 3.96. The van der Waals surface area contributed by atoms with Gasteiger partial charge in [-0.2, -0.15) is 0 Å². The van der Waals surface area contributed by atoms with Gasteiger partial charge in [-0.05, 0) is 24.1 Å².